The molecule has 7 heteroatoms. The van der Waals surface area contributed by atoms with E-state index >= 15 is 0 Å². The van der Waals surface area contributed by atoms with Crippen molar-refractivity contribution in [2.45, 2.75) is 0 Å². The number of carbonyl (C=O) groups excluding carboxylic acids is 1. The summed E-state index contributed by atoms with van der Waals surface area (Å²) < 4.78 is 15.9. The molecule has 0 aliphatic carbocycles. The molecule has 144 valence electrons. The van der Waals surface area contributed by atoms with E-state index < -0.39 is 5.91 Å². The number of ether oxygens (including phenoxy) is 3. The predicted octanol–water partition coefficient (Wildman–Crippen LogP) is 3.34. The zero-order chi connectivity index (χ0) is 20.1. The number of hydrogen-bond donors (Lipinski definition) is 2. The van der Waals surface area contributed by atoms with Crippen molar-refractivity contribution in [2.24, 2.45) is 5.10 Å². The Morgan fingerprint density at radius 2 is 1.68 bits per heavy atom. The fourth-order valence-corrected chi connectivity index (χ4v) is 2.81. The fourth-order valence-electron chi connectivity index (χ4n) is 2.81. The van der Waals surface area contributed by atoms with Gasteiger partial charge in [-0.3, -0.25) is 4.79 Å². The summed E-state index contributed by atoms with van der Waals surface area (Å²) in [5, 5.41) is 15.8. The Bertz CT molecular complexity index is 1020. The summed E-state index contributed by atoms with van der Waals surface area (Å²) in [7, 11) is 4.56. The van der Waals surface area contributed by atoms with Crippen molar-refractivity contribution in [3.05, 3.63) is 59.7 Å². The lowest BCUT2D eigenvalue weighted by molar-refractivity contribution is 0.0952. The first-order chi connectivity index (χ1) is 13.6. The maximum absolute atomic E-state index is 12.4. The Morgan fingerprint density at radius 3 is 2.32 bits per heavy atom. The van der Waals surface area contributed by atoms with Crippen molar-refractivity contribution < 1.29 is 24.1 Å². The summed E-state index contributed by atoms with van der Waals surface area (Å²) in [4.78, 5) is 12.4. The average molecular weight is 380 g/mol. The minimum absolute atomic E-state index is 0.0922. The summed E-state index contributed by atoms with van der Waals surface area (Å²) in [6, 6.07) is 13.9. The highest BCUT2D eigenvalue weighted by molar-refractivity contribution is 6.03. The lowest BCUT2D eigenvalue weighted by atomic mass is 10.1. The summed E-state index contributed by atoms with van der Waals surface area (Å²) >= 11 is 0. The molecule has 0 aliphatic heterocycles. The van der Waals surface area contributed by atoms with E-state index in [0.717, 1.165) is 5.39 Å². The lowest BCUT2D eigenvalue weighted by Crippen LogP contribution is -2.18. The van der Waals surface area contributed by atoms with Gasteiger partial charge in [-0.15, -0.1) is 0 Å². The highest BCUT2D eigenvalue weighted by Gasteiger charge is 2.14. The molecule has 0 saturated heterocycles. The van der Waals surface area contributed by atoms with Crippen LogP contribution in [-0.2, 0) is 0 Å². The second kappa shape index (κ2) is 8.30. The van der Waals surface area contributed by atoms with E-state index in [2.05, 4.69) is 10.5 Å². The third kappa shape index (κ3) is 3.68. The van der Waals surface area contributed by atoms with Crippen molar-refractivity contribution >= 4 is 22.9 Å². The van der Waals surface area contributed by atoms with Crippen LogP contribution in [0.15, 0.2) is 53.6 Å². The predicted molar refractivity (Wildman–Crippen MR) is 107 cm³/mol. The van der Waals surface area contributed by atoms with Gasteiger partial charge in [0.25, 0.3) is 5.91 Å². The molecule has 0 heterocycles. The van der Waals surface area contributed by atoms with E-state index in [4.69, 9.17) is 14.2 Å². The van der Waals surface area contributed by atoms with Crippen molar-refractivity contribution in [1.82, 2.24) is 5.43 Å². The van der Waals surface area contributed by atoms with Crippen molar-refractivity contribution in [1.29, 1.82) is 0 Å². The molecule has 2 N–H and O–H groups in total. The molecule has 3 rings (SSSR count). The highest BCUT2D eigenvalue weighted by Crippen LogP contribution is 2.32. The first-order valence-electron chi connectivity index (χ1n) is 8.43. The number of phenols is 1. The summed E-state index contributed by atoms with van der Waals surface area (Å²) in [5.74, 6) is 0.887. The van der Waals surface area contributed by atoms with Gasteiger partial charge in [-0.25, -0.2) is 5.43 Å². The van der Waals surface area contributed by atoms with Gasteiger partial charge in [0, 0.05) is 17.5 Å². The molecule has 0 unspecified atom stereocenters. The van der Waals surface area contributed by atoms with E-state index in [-0.39, 0.29) is 11.3 Å². The molecular weight excluding hydrogens is 360 g/mol. The Labute approximate surface area is 162 Å². The maximum atomic E-state index is 12.4. The van der Waals surface area contributed by atoms with Crippen LogP contribution in [0.3, 0.4) is 0 Å². The smallest absolute Gasteiger partial charge is 0.275 e. The standard InChI is InChI=1S/C21H20N2O5/c1-26-14-10-18(27-2)17(19(11-14)28-3)12-22-23-21(25)16-9-8-13-6-4-5-7-15(13)20(16)24/h4-12,24H,1-3H3,(H,23,25). The van der Waals surface area contributed by atoms with Gasteiger partial charge in [0.05, 0.1) is 38.7 Å². The third-order valence-corrected chi connectivity index (χ3v) is 4.26. The molecule has 28 heavy (non-hydrogen) atoms. The second-order valence-corrected chi connectivity index (χ2v) is 5.83. The van der Waals surface area contributed by atoms with Crippen LogP contribution >= 0.6 is 0 Å². The van der Waals surface area contributed by atoms with Crippen LogP contribution in [0.4, 0.5) is 0 Å². The van der Waals surface area contributed by atoms with Gasteiger partial charge in [-0.1, -0.05) is 30.3 Å². The molecule has 0 bridgehead atoms. The van der Waals surface area contributed by atoms with Gasteiger partial charge in [0.15, 0.2) is 0 Å². The molecule has 3 aromatic carbocycles. The maximum Gasteiger partial charge on any atom is 0.275 e. The van der Waals surface area contributed by atoms with Crippen LogP contribution in [0.25, 0.3) is 10.8 Å². The molecule has 1 amide bonds. The second-order valence-electron chi connectivity index (χ2n) is 5.83. The number of amides is 1. The molecule has 0 spiro atoms. The van der Waals surface area contributed by atoms with Crippen LogP contribution in [0.5, 0.6) is 23.0 Å². The molecule has 0 atom stereocenters. The molecule has 0 aliphatic rings. The molecular formula is C21H20N2O5. The van der Waals surface area contributed by atoms with Gasteiger partial charge >= 0.3 is 0 Å². The van der Waals surface area contributed by atoms with Gasteiger partial charge in [-0.05, 0) is 11.5 Å². The Hall–Kier alpha value is -3.74. The summed E-state index contributed by atoms with van der Waals surface area (Å²) in [5.41, 5.74) is 3.08. The quantitative estimate of drug-likeness (QED) is 0.506. The van der Waals surface area contributed by atoms with Gasteiger partial charge < -0.3 is 19.3 Å². The first-order valence-corrected chi connectivity index (χ1v) is 8.43. The zero-order valence-electron chi connectivity index (χ0n) is 15.7. The minimum Gasteiger partial charge on any atom is -0.506 e. The molecule has 7 nitrogen and oxygen atoms in total. The number of aromatic hydroxyl groups is 1. The van der Waals surface area contributed by atoms with Gasteiger partial charge in [0.2, 0.25) is 0 Å². The van der Waals surface area contributed by atoms with Crippen LogP contribution < -0.4 is 19.6 Å². The summed E-state index contributed by atoms with van der Waals surface area (Å²) in [6.45, 7) is 0. The normalized spacial score (nSPS) is 10.8. The van der Waals surface area contributed by atoms with E-state index in [1.165, 1.54) is 27.5 Å². The number of fused-ring (bicyclic) bond motifs is 1. The number of carbonyl (C=O) groups is 1. The lowest BCUT2D eigenvalue weighted by Gasteiger charge is -2.12. The van der Waals surface area contributed by atoms with E-state index in [1.807, 2.05) is 12.1 Å². The van der Waals surface area contributed by atoms with Crippen molar-refractivity contribution in [2.75, 3.05) is 21.3 Å². The number of benzene rings is 3. The van der Waals surface area contributed by atoms with Gasteiger partial charge in [-0.2, -0.15) is 5.10 Å². The number of hydrogen-bond acceptors (Lipinski definition) is 6. The van der Waals surface area contributed by atoms with Crippen molar-refractivity contribution in [3.63, 3.8) is 0 Å². The van der Waals surface area contributed by atoms with E-state index in [0.29, 0.717) is 28.2 Å². The highest BCUT2D eigenvalue weighted by atomic mass is 16.5. The molecule has 0 radical (unpaired) electrons. The number of nitrogens with zero attached hydrogens (tertiary/aromatic N) is 1. The first kappa shape index (κ1) is 19.0. The number of phenolic OH excluding ortho intramolecular Hbond substituents is 1. The largest absolute Gasteiger partial charge is 0.506 e. The van der Waals surface area contributed by atoms with Crippen molar-refractivity contribution in [3.8, 4) is 23.0 Å². The van der Waals surface area contributed by atoms with E-state index in [9.17, 15) is 9.90 Å². The monoisotopic (exact) mass is 380 g/mol. The minimum atomic E-state index is -0.536. The zero-order valence-corrected chi connectivity index (χ0v) is 15.7. The van der Waals surface area contributed by atoms with Gasteiger partial charge in [0.1, 0.15) is 23.0 Å². The van der Waals surface area contributed by atoms with Crippen LogP contribution in [0, 0.1) is 0 Å². The van der Waals surface area contributed by atoms with E-state index in [1.54, 1.807) is 36.4 Å². The Morgan fingerprint density at radius 1 is 1.00 bits per heavy atom. The third-order valence-electron chi connectivity index (χ3n) is 4.26. The van der Waals surface area contributed by atoms with Crippen LogP contribution in [-0.4, -0.2) is 38.6 Å². The molecule has 3 aromatic rings. The summed E-state index contributed by atoms with van der Waals surface area (Å²) in [6.07, 6.45) is 1.41. The number of nitrogens with one attached hydrogen (secondary N) is 1. The Balaban J connectivity index is 1.85. The topological polar surface area (TPSA) is 89.4 Å². The fraction of sp³-hybridized carbons (Fsp3) is 0.143. The molecule has 0 saturated carbocycles. The SMILES string of the molecule is COc1cc(OC)c(C=NNC(=O)c2ccc3ccccc3c2O)c(OC)c1. The number of rotatable bonds is 6. The average Bonchev–Trinajstić information content (AvgIpc) is 2.73. The Kier molecular flexibility index (Phi) is 5.64. The molecule has 0 fully saturated rings. The number of methoxy groups -OCH3 is 3. The number of hydrazone groups is 1. The molecule has 0 aromatic heterocycles. The van der Waals surface area contributed by atoms with Crippen LogP contribution in [0.2, 0.25) is 0 Å². The van der Waals surface area contributed by atoms with Crippen LogP contribution in [0.1, 0.15) is 15.9 Å².